The zero-order valence-electron chi connectivity index (χ0n) is 14.1. The predicted octanol–water partition coefficient (Wildman–Crippen LogP) is 2.82. The van der Waals surface area contributed by atoms with Crippen LogP contribution in [0, 0.1) is 0 Å². The van der Waals surface area contributed by atoms with E-state index in [0.717, 1.165) is 6.92 Å². The van der Waals surface area contributed by atoms with Crippen LogP contribution in [0.4, 0.5) is 0 Å². The van der Waals surface area contributed by atoms with Gasteiger partial charge >= 0.3 is 17.6 Å². The molecule has 0 N–H and O–H groups in total. The van der Waals surface area contributed by atoms with Gasteiger partial charge in [0, 0.05) is 19.9 Å². The molecule has 0 aliphatic carbocycles. The Kier molecular flexibility index (Phi) is 4.64. The maximum absolute atomic E-state index is 12.1. The predicted molar refractivity (Wildman–Crippen MR) is 85.5 cm³/mol. The Morgan fingerprint density at radius 1 is 1.00 bits per heavy atom. The van der Waals surface area contributed by atoms with E-state index in [-0.39, 0.29) is 11.3 Å². The molecule has 1 heterocycles. The van der Waals surface area contributed by atoms with Crippen molar-refractivity contribution in [2.45, 2.75) is 40.2 Å². The Labute approximate surface area is 138 Å². The molecule has 0 spiro atoms. The van der Waals surface area contributed by atoms with E-state index >= 15 is 0 Å². The van der Waals surface area contributed by atoms with Gasteiger partial charge in [-0.3, -0.25) is 9.59 Å². The van der Waals surface area contributed by atoms with Crippen LogP contribution in [0.15, 0.2) is 27.4 Å². The van der Waals surface area contributed by atoms with E-state index in [9.17, 15) is 14.4 Å². The lowest BCUT2D eigenvalue weighted by Crippen LogP contribution is -2.22. The van der Waals surface area contributed by atoms with E-state index in [4.69, 9.17) is 18.6 Å². The first-order valence-corrected chi connectivity index (χ1v) is 7.23. The van der Waals surface area contributed by atoms with Crippen LogP contribution in [0.25, 0.3) is 11.0 Å². The minimum Gasteiger partial charge on any atom is -0.488 e. The maximum atomic E-state index is 12.1. The van der Waals surface area contributed by atoms with Crippen LogP contribution >= 0.6 is 0 Å². The minimum absolute atomic E-state index is 0.147. The molecule has 0 bridgehead atoms. The summed E-state index contributed by atoms with van der Waals surface area (Å²) in [5, 5.41) is 0.308. The van der Waals surface area contributed by atoms with Gasteiger partial charge in [-0.2, -0.15) is 0 Å². The molecule has 0 saturated heterocycles. The fraction of sp³-hybridized carbons (Fsp3) is 0.353. The molecular formula is C17H18O7. The summed E-state index contributed by atoms with van der Waals surface area (Å²) in [4.78, 5) is 34.6. The third-order valence-corrected chi connectivity index (χ3v) is 2.71. The van der Waals surface area contributed by atoms with Gasteiger partial charge in [-0.05, 0) is 32.9 Å². The van der Waals surface area contributed by atoms with Gasteiger partial charge in [0.25, 0.3) is 5.75 Å². The van der Waals surface area contributed by atoms with Crippen molar-refractivity contribution in [1.29, 1.82) is 0 Å². The van der Waals surface area contributed by atoms with Gasteiger partial charge in [0.1, 0.15) is 16.9 Å². The molecule has 0 saturated carbocycles. The van der Waals surface area contributed by atoms with Crippen LogP contribution in [0.3, 0.4) is 0 Å². The lowest BCUT2D eigenvalue weighted by Gasteiger charge is -2.21. The summed E-state index contributed by atoms with van der Waals surface area (Å²) in [6.07, 6.45) is 0. The smallest absolute Gasteiger partial charge is 0.383 e. The van der Waals surface area contributed by atoms with Gasteiger partial charge in [-0.15, -0.1) is 0 Å². The third kappa shape index (κ3) is 4.13. The van der Waals surface area contributed by atoms with E-state index in [2.05, 4.69) is 0 Å². The first kappa shape index (κ1) is 17.5. The summed E-state index contributed by atoms with van der Waals surface area (Å²) in [7, 11) is 0. The second-order valence-electron chi connectivity index (χ2n) is 6.11. The number of hydrogen-bond donors (Lipinski definition) is 0. The van der Waals surface area contributed by atoms with Gasteiger partial charge in [-0.25, -0.2) is 4.79 Å². The molecule has 24 heavy (non-hydrogen) atoms. The van der Waals surface area contributed by atoms with Gasteiger partial charge < -0.3 is 18.6 Å². The Morgan fingerprint density at radius 2 is 1.58 bits per heavy atom. The molecule has 0 aliphatic rings. The monoisotopic (exact) mass is 334 g/mol. The normalized spacial score (nSPS) is 11.2. The van der Waals surface area contributed by atoms with Crippen LogP contribution in [-0.4, -0.2) is 17.5 Å². The maximum Gasteiger partial charge on any atom is 0.383 e. The van der Waals surface area contributed by atoms with Crippen LogP contribution in [0.1, 0.15) is 34.6 Å². The zero-order chi connectivity index (χ0) is 18.1. The van der Waals surface area contributed by atoms with Gasteiger partial charge in [-0.1, -0.05) is 0 Å². The number of carbonyl (C=O) groups excluding carboxylic acids is 2. The standard InChI is InChI=1S/C17H18O7/c1-9(18)21-14-12-7-6-11(24-17(3,4)5)8-13(12)23-16(20)15(14)22-10(2)19/h6-8H,1-5H3. The number of hydrogen-bond acceptors (Lipinski definition) is 7. The molecule has 7 heteroatoms. The summed E-state index contributed by atoms with van der Waals surface area (Å²) in [6.45, 7) is 7.93. The van der Waals surface area contributed by atoms with Crippen molar-refractivity contribution >= 4 is 22.9 Å². The van der Waals surface area contributed by atoms with Crippen LogP contribution < -0.4 is 19.8 Å². The second kappa shape index (κ2) is 6.35. The minimum atomic E-state index is -0.929. The van der Waals surface area contributed by atoms with Gasteiger partial charge in [0.15, 0.2) is 5.75 Å². The molecule has 0 fully saturated rings. The molecule has 0 aliphatic heterocycles. The molecule has 7 nitrogen and oxygen atoms in total. The summed E-state index contributed by atoms with van der Waals surface area (Å²) in [5.41, 5.74) is -1.22. The molecule has 2 aromatic rings. The Bertz CT molecular complexity index is 856. The number of fused-ring (bicyclic) bond motifs is 1. The van der Waals surface area contributed by atoms with Crippen molar-refractivity contribution in [2.75, 3.05) is 0 Å². The third-order valence-electron chi connectivity index (χ3n) is 2.71. The van der Waals surface area contributed by atoms with Gasteiger partial charge in [0.2, 0.25) is 0 Å². The zero-order valence-corrected chi connectivity index (χ0v) is 14.1. The summed E-state index contributed by atoms with van der Waals surface area (Å²) in [5.74, 6) is -1.54. The highest BCUT2D eigenvalue weighted by Gasteiger charge is 2.22. The molecule has 128 valence electrons. The average molecular weight is 334 g/mol. The lowest BCUT2D eigenvalue weighted by molar-refractivity contribution is -0.134. The van der Waals surface area contributed by atoms with Crippen LogP contribution in [0.5, 0.6) is 17.2 Å². The first-order valence-electron chi connectivity index (χ1n) is 7.23. The van der Waals surface area contributed by atoms with Crippen molar-refractivity contribution < 1.29 is 28.2 Å². The van der Waals surface area contributed by atoms with Gasteiger partial charge in [0.05, 0.1) is 5.39 Å². The Balaban J connectivity index is 2.67. The van der Waals surface area contributed by atoms with E-state index in [1.807, 2.05) is 20.8 Å². The second-order valence-corrected chi connectivity index (χ2v) is 6.11. The van der Waals surface area contributed by atoms with E-state index in [1.165, 1.54) is 13.0 Å². The van der Waals surface area contributed by atoms with Crippen molar-refractivity contribution in [3.05, 3.63) is 28.6 Å². The first-order chi connectivity index (χ1) is 11.1. The van der Waals surface area contributed by atoms with Crippen LogP contribution in [0.2, 0.25) is 0 Å². The fourth-order valence-electron chi connectivity index (χ4n) is 2.03. The lowest BCUT2D eigenvalue weighted by atomic mass is 10.1. The molecule has 0 atom stereocenters. The number of benzene rings is 1. The number of rotatable bonds is 3. The quantitative estimate of drug-likeness (QED) is 0.629. The highest BCUT2D eigenvalue weighted by Crippen LogP contribution is 2.35. The fourth-order valence-corrected chi connectivity index (χ4v) is 2.03. The SMILES string of the molecule is CC(=O)Oc1c(OC(C)=O)c2ccc(OC(C)(C)C)cc2oc1=O. The van der Waals surface area contributed by atoms with Crippen molar-refractivity contribution in [3.8, 4) is 17.2 Å². The Hall–Kier alpha value is -2.83. The largest absolute Gasteiger partial charge is 0.488 e. The molecule has 1 aromatic carbocycles. The summed E-state index contributed by atoms with van der Waals surface area (Å²) < 4.78 is 20.8. The number of ether oxygens (including phenoxy) is 3. The average Bonchev–Trinajstić information content (AvgIpc) is 2.39. The molecule has 0 radical (unpaired) electrons. The number of carbonyl (C=O) groups is 2. The number of esters is 2. The van der Waals surface area contributed by atoms with Crippen molar-refractivity contribution in [3.63, 3.8) is 0 Å². The highest BCUT2D eigenvalue weighted by molar-refractivity contribution is 5.90. The Morgan fingerprint density at radius 3 is 2.12 bits per heavy atom. The molecule has 0 amide bonds. The van der Waals surface area contributed by atoms with Crippen molar-refractivity contribution in [2.24, 2.45) is 0 Å². The highest BCUT2D eigenvalue weighted by atomic mass is 16.6. The molecule has 2 rings (SSSR count). The van der Waals surface area contributed by atoms with E-state index in [1.54, 1.807) is 12.1 Å². The van der Waals surface area contributed by atoms with E-state index in [0.29, 0.717) is 11.1 Å². The van der Waals surface area contributed by atoms with E-state index < -0.39 is 28.9 Å². The van der Waals surface area contributed by atoms with Crippen molar-refractivity contribution in [1.82, 2.24) is 0 Å². The topological polar surface area (TPSA) is 92.0 Å². The molecule has 0 unspecified atom stereocenters. The van der Waals surface area contributed by atoms with Crippen LogP contribution in [-0.2, 0) is 9.59 Å². The summed E-state index contributed by atoms with van der Waals surface area (Å²) in [6, 6.07) is 4.70. The molecule has 1 aromatic heterocycles. The summed E-state index contributed by atoms with van der Waals surface area (Å²) >= 11 is 0. The molecular weight excluding hydrogens is 316 g/mol.